The van der Waals surface area contributed by atoms with Gasteiger partial charge in [0.1, 0.15) is 17.8 Å². The molecule has 0 atom stereocenters. The number of rotatable bonds is 5. The number of hydrogen-bond acceptors (Lipinski definition) is 7. The Hall–Kier alpha value is -4.51. The summed E-state index contributed by atoms with van der Waals surface area (Å²) in [5, 5.41) is 13.9. The number of oxazole rings is 1. The molecule has 0 aliphatic heterocycles. The van der Waals surface area contributed by atoms with Crippen molar-refractivity contribution in [3.05, 3.63) is 82.2 Å². The highest BCUT2D eigenvalue weighted by Crippen LogP contribution is 2.26. The predicted molar refractivity (Wildman–Crippen MR) is 116 cm³/mol. The zero-order chi connectivity index (χ0) is 22.2. The standard InChI is InChI=1S/C24H16N4O4/c1-14-26-20-6-5-15(11-21(20)32-14)10-18(29)13-28-24(30)19-7-8-31-23(19)22(27-28)17-4-2-3-16(9-17)12-25/h2-9,11H,10,13H2,1H3. The van der Waals surface area contributed by atoms with Crippen LogP contribution < -0.4 is 5.56 Å². The minimum absolute atomic E-state index is 0.118. The number of nitriles is 1. The van der Waals surface area contributed by atoms with Crippen molar-refractivity contribution >= 4 is 27.9 Å². The van der Waals surface area contributed by atoms with E-state index in [1.165, 1.54) is 6.26 Å². The van der Waals surface area contributed by atoms with E-state index in [0.29, 0.717) is 39.3 Å². The number of benzene rings is 2. The highest BCUT2D eigenvalue weighted by molar-refractivity contribution is 5.90. The molecular weight excluding hydrogens is 408 g/mol. The highest BCUT2D eigenvalue weighted by atomic mass is 16.3. The van der Waals surface area contributed by atoms with Gasteiger partial charge in [0.05, 0.1) is 23.3 Å². The smallest absolute Gasteiger partial charge is 0.278 e. The number of ketones is 1. The Morgan fingerprint density at radius 2 is 2.06 bits per heavy atom. The average Bonchev–Trinajstić information content (AvgIpc) is 3.41. The summed E-state index contributed by atoms with van der Waals surface area (Å²) in [7, 11) is 0. The third-order valence-corrected chi connectivity index (χ3v) is 5.12. The van der Waals surface area contributed by atoms with Crippen molar-refractivity contribution < 1.29 is 13.6 Å². The molecule has 0 spiro atoms. The Labute approximate surface area is 181 Å². The molecule has 8 nitrogen and oxygen atoms in total. The van der Waals surface area contributed by atoms with Gasteiger partial charge in [-0.2, -0.15) is 10.4 Å². The largest absolute Gasteiger partial charge is 0.462 e. The van der Waals surface area contributed by atoms with Crippen LogP contribution in [0.3, 0.4) is 0 Å². The van der Waals surface area contributed by atoms with Crippen molar-refractivity contribution in [2.75, 3.05) is 0 Å². The Balaban J connectivity index is 1.49. The average molecular weight is 424 g/mol. The van der Waals surface area contributed by atoms with E-state index in [-0.39, 0.29) is 18.7 Å². The van der Waals surface area contributed by atoms with Crippen molar-refractivity contribution in [2.24, 2.45) is 0 Å². The number of carbonyl (C=O) groups is 1. The maximum atomic E-state index is 12.9. The van der Waals surface area contributed by atoms with Crippen LogP contribution in [-0.2, 0) is 17.8 Å². The summed E-state index contributed by atoms with van der Waals surface area (Å²) in [5.41, 5.74) is 3.48. The van der Waals surface area contributed by atoms with Crippen molar-refractivity contribution in [2.45, 2.75) is 19.9 Å². The van der Waals surface area contributed by atoms with E-state index in [1.807, 2.05) is 6.07 Å². The third-order valence-electron chi connectivity index (χ3n) is 5.12. The molecule has 8 heteroatoms. The van der Waals surface area contributed by atoms with Crippen molar-refractivity contribution in [3.63, 3.8) is 0 Å². The molecule has 0 saturated heterocycles. The normalized spacial score (nSPS) is 11.1. The molecule has 0 saturated carbocycles. The molecule has 0 aliphatic carbocycles. The number of furan rings is 1. The van der Waals surface area contributed by atoms with Crippen LogP contribution in [0.4, 0.5) is 0 Å². The lowest BCUT2D eigenvalue weighted by Gasteiger charge is -2.08. The van der Waals surface area contributed by atoms with Gasteiger partial charge < -0.3 is 8.83 Å². The molecule has 156 valence electrons. The van der Waals surface area contributed by atoms with Crippen LogP contribution in [0.5, 0.6) is 0 Å². The number of Topliss-reactive ketones (excluding diaryl/α,β-unsaturated/α-hetero) is 1. The van der Waals surface area contributed by atoms with E-state index >= 15 is 0 Å². The molecule has 3 heterocycles. The monoisotopic (exact) mass is 424 g/mol. The van der Waals surface area contributed by atoms with Gasteiger partial charge in [-0.1, -0.05) is 18.2 Å². The highest BCUT2D eigenvalue weighted by Gasteiger charge is 2.17. The van der Waals surface area contributed by atoms with Crippen LogP contribution in [-0.4, -0.2) is 20.5 Å². The lowest BCUT2D eigenvalue weighted by Crippen LogP contribution is -2.27. The fourth-order valence-electron chi connectivity index (χ4n) is 3.69. The van der Waals surface area contributed by atoms with E-state index in [2.05, 4.69) is 16.2 Å². The van der Waals surface area contributed by atoms with Crippen molar-refractivity contribution in [1.82, 2.24) is 14.8 Å². The van der Waals surface area contributed by atoms with Crippen LogP contribution in [0.2, 0.25) is 0 Å². The molecular formula is C24H16N4O4. The minimum atomic E-state index is -0.413. The molecule has 0 fully saturated rings. The quantitative estimate of drug-likeness (QED) is 0.421. The summed E-state index contributed by atoms with van der Waals surface area (Å²) in [6, 6.07) is 15.9. The first-order valence-electron chi connectivity index (χ1n) is 9.88. The first-order chi connectivity index (χ1) is 15.5. The fraction of sp³-hybridized carbons (Fsp3) is 0.125. The second-order valence-electron chi connectivity index (χ2n) is 7.42. The van der Waals surface area contributed by atoms with Gasteiger partial charge in [0.15, 0.2) is 22.8 Å². The van der Waals surface area contributed by atoms with Gasteiger partial charge in [-0.25, -0.2) is 9.67 Å². The van der Waals surface area contributed by atoms with Gasteiger partial charge >= 0.3 is 0 Å². The van der Waals surface area contributed by atoms with Crippen LogP contribution in [0.25, 0.3) is 33.3 Å². The SMILES string of the molecule is Cc1nc2ccc(CC(=O)Cn3nc(-c4cccc(C#N)c4)c4occc4c3=O)cc2o1. The van der Waals surface area contributed by atoms with Gasteiger partial charge in [-0.15, -0.1) is 0 Å². The summed E-state index contributed by atoms with van der Waals surface area (Å²) >= 11 is 0. The second-order valence-corrected chi connectivity index (χ2v) is 7.42. The second kappa shape index (κ2) is 7.63. The lowest BCUT2D eigenvalue weighted by atomic mass is 10.1. The molecule has 0 N–H and O–H groups in total. The van der Waals surface area contributed by atoms with E-state index in [9.17, 15) is 14.9 Å². The first kappa shape index (κ1) is 19.5. The molecule has 0 aliphatic rings. The summed E-state index contributed by atoms with van der Waals surface area (Å²) in [6.45, 7) is 1.57. The Kier molecular flexibility index (Phi) is 4.64. The number of aromatic nitrogens is 3. The summed E-state index contributed by atoms with van der Waals surface area (Å²) in [5.74, 6) is 0.371. The van der Waals surface area contributed by atoms with E-state index in [1.54, 1.807) is 49.4 Å². The van der Waals surface area contributed by atoms with Gasteiger partial charge in [0, 0.05) is 18.9 Å². The van der Waals surface area contributed by atoms with Crippen LogP contribution in [0, 0.1) is 18.3 Å². The number of hydrogen-bond donors (Lipinski definition) is 0. The molecule has 32 heavy (non-hydrogen) atoms. The zero-order valence-electron chi connectivity index (χ0n) is 17.0. The van der Waals surface area contributed by atoms with Gasteiger partial charge in [-0.05, 0) is 35.9 Å². The molecule has 0 amide bonds. The van der Waals surface area contributed by atoms with Crippen molar-refractivity contribution in [1.29, 1.82) is 5.26 Å². The molecule has 0 bridgehead atoms. The first-order valence-corrected chi connectivity index (χ1v) is 9.88. The van der Waals surface area contributed by atoms with E-state index in [4.69, 9.17) is 8.83 Å². The Morgan fingerprint density at radius 3 is 2.91 bits per heavy atom. The predicted octanol–water partition coefficient (Wildman–Crippen LogP) is 3.79. The molecule has 3 aromatic heterocycles. The van der Waals surface area contributed by atoms with Crippen LogP contribution in [0.15, 0.2) is 68.4 Å². The Bertz CT molecular complexity index is 1600. The van der Waals surface area contributed by atoms with Gasteiger partial charge in [0.25, 0.3) is 5.56 Å². The molecule has 2 aromatic carbocycles. The minimum Gasteiger partial charge on any atom is -0.462 e. The van der Waals surface area contributed by atoms with E-state index < -0.39 is 5.56 Å². The zero-order valence-corrected chi connectivity index (χ0v) is 17.0. The third kappa shape index (κ3) is 3.46. The van der Waals surface area contributed by atoms with Crippen molar-refractivity contribution in [3.8, 4) is 17.3 Å². The topological polar surface area (TPSA) is 115 Å². The summed E-state index contributed by atoms with van der Waals surface area (Å²) in [4.78, 5) is 29.9. The molecule has 0 radical (unpaired) electrons. The maximum absolute atomic E-state index is 12.9. The molecule has 5 aromatic rings. The number of nitrogens with zero attached hydrogens (tertiary/aromatic N) is 4. The molecule has 0 unspecified atom stereocenters. The fourth-order valence-corrected chi connectivity index (χ4v) is 3.69. The van der Waals surface area contributed by atoms with Gasteiger partial charge in [-0.3, -0.25) is 9.59 Å². The van der Waals surface area contributed by atoms with Crippen LogP contribution >= 0.6 is 0 Å². The number of fused-ring (bicyclic) bond motifs is 2. The maximum Gasteiger partial charge on any atom is 0.278 e. The molecule has 5 rings (SSSR count). The summed E-state index contributed by atoms with van der Waals surface area (Å²) < 4.78 is 12.2. The summed E-state index contributed by atoms with van der Waals surface area (Å²) in [6.07, 6.45) is 1.53. The number of aryl methyl sites for hydroxylation is 1. The lowest BCUT2D eigenvalue weighted by molar-refractivity contribution is -0.119. The number of carbonyl (C=O) groups excluding carboxylic acids is 1. The van der Waals surface area contributed by atoms with Crippen LogP contribution in [0.1, 0.15) is 17.0 Å². The van der Waals surface area contributed by atoms with E-state index in [0.717, 1.165) is 15.8 Å². The van der Waals surface area contributed by atoms with Gasteiger partial charge in [0.2, 0.25) is 0 Å². The Morgan fingerprint density at radius 1 is 1.19 bits per heavy atom.